The van der Waals surface area contributed by atoms with Crippen LogP contribution in [-0.4, -0.2) is 26.9 Å². The first kappa shape index (κ1) is 19.6. The van der Waals surface area contributed by atoms with Gasteiger partial charge in [-0.25, -0.2) is 18.7 Å². The highest BCUT2D eigenvalue weighted by molar-refractivity contribution is 5.92. The molecular weight excluding hydrogens is 389 g/mol. The van der Waals surface area contributed by atoms with Gasteiger partial charge in [0, 0.05) is 6.54 Å². The quantitative estimate of drug-likeness (QED) is 0.358. The number of carbonyl (C=O) groups is 1. The van der Waals surface area contributed by atoms with Crippen LogP contribution in [0.1, 0.15) is 28.2 Å². The molecule has 7 nitrogen and oxygen atoms in total. The number of rotatable bonds is 6. The summed E-state index contributed by atoms with van der Waals surface area (Å²) in [6.07, 6.45) is 0.458. The van der Waals surface area contributed by atoms with E-state index in [9.17, 15) is 14.0 Å². The second-order valence-corrected chi connectivity index (χ2v) is 6.91. The molecule has 2 heterocycles. The number of hydrogen-bond donors (Lipinski definition) is 0. The lowest BCUT2D eigenvalue weighted by atomic mass is 10.2. The summed E-state index contributed by atoms with van der Waals surface area (Å²) in [4.78, 5) is 24.6. The number of aromatic nitrogens is 3. The molecule has 0 saturated carbocycles. The van der Waals surface area contributed by atoms with E-state index < -0.39 is 11.7 Å². The molecule has 0 aliphatic heterocycles. The van der Waals surface area contributed by atoms with Crippen molar-refractivity contribution in [3.05, 3.63) is 81.9 Å². The number of carbonyl (C=O) groups excluding carboxylic acids is 1. The molecule has 0 aliphatic carbocycles. The minimum Gasteiger partial charge on any atom is -0.462 e. The third-order valence-corrected chi connectivity index (χ3v) is 4.90. The van der Waals surface area contributed by atoms with Crippen molar-refractivity contribution in [3.63, 3.8) is 0 Å². The fraction of sp³-hybridized carbons (Fsp3) is 0.227. The minimum absolute atomic E-state index is 0.144. The molecule has 2 aromatic carbocycles. The van der Waals surface area contributed by atoms with Crippen LogP contribution in [-0.2, 0) is 11.3 Å². The van der Waals surface area contributed by atoms with Gasteiger partial charge in [-0.2, -0.15) is 5.10 Å². The van der Waals surface area contributed by atoms with E-state index >= 15 is 0 Å². The second-order valence-electron chi connectivity index (χ2n) is 6.91. The monoisotopic (exact) mass is 409 g/mol. The number of oxazole rings is 1. The van der Waals surface area contributed by atoms with Gasteiger partial charge < -0.3 is 9.15 Å². The average molecular weight is 409 g/mol. The van der Waals surface area contributed by atoms with Gasteiger partial charge in [0.15, 0.2) is 5.58 Å². The summed E-state index contributed by atoms with van der Waals surface area (Å²) in [5.74, 6) is -1.26. The summed E-state index contributed by atoms with van der Waals surface area (Å²) in [7, 11) is 0. The summed E-state index contributed by atoms with van der Waals surface area (Å²) >= 11 is 0. The Kier molecular flexibility index (Phi) is 5.22. The van der Waals surface area contributed by atoms with Gasteiger partial charge in [-0.1, -0.05) is 12.1 Å². The molecule has 0 fully saturated rings. The largest absolute Gasteiger partial charge is 0.462 e. The lowest BCUT2D eigenvalue weighted by Crippen LogP contribution is -2.16. The Morgan fingerprint density at radius 1 is 1.13 bits per heavy atom. The van der Waals surface area contributed by atoms with E-state index in [2.05, 4.69) is 5.10 Å². The summed E-state index contributed by atoms with van der Waals surface area (Å²) < 4.78 is 26.9. The number of nitrogens with zero attached hydrogens (tertiary/aromatic N) is 3. The average Bonchev–Trinajstić information content (AvgIpc) is 3.21. The summed E-state index contributed by atoms with van der Waals surface area (Å²) in [5.41, 5.74) is 3.41. The zero-order chi connectivity index (χ0) is 21.3. The van der Waals surface area contributed by atoms with E-state index in [0.717, 1.165) is 0 Å². The third kappa shape index (κ3) is 3.63. The van der Waals surface area contributed by atoms with Crippen LogP contribution >= 0.6 is 0 Å². The first-order valence-electron chi connectivity index (χ1n) is 9.53. The molecule has 0 amide bonds. The van der Waals surface area contributed by atoms with Crippen LogP contribution in [0, 0.1) is 19.7 Å². The van der Waals surface area contributed by atoms with Gasteiger partial charge in [-0.15, -0.1) is 0 Å². The Balaban J connectivity index is 1.42. The highest BCUT2D eigenvalue weighted by Crippen LogP contribution is 2.19. The third-order valence-electron chi connectivity index (χ3n) is 4.90. The molecule has 0 saturated heterocycles. The lowest BCUT2D eigenvalue weighted by Gasteiger charge is -2.07. The predicted molar refractivity (Wildman–Crippen MR) is 108 cm³/mol. The smallest absolute Gasteiger partial charge is 0.419 e. The topological polar surface area (TPSA) is 79.3 Å². The van der Waals surface area contributed by atoms with E-state index in [1.165, 1.54) is 16.7 Å². The van der Waals surface area contributed by atoms with Gasteiger partial charge in [0.2, 0.25) is 0 Å². The van der Waals surface area contributed by atoms with Gasteiger partial charge in [0.05, 0.1) is 29.2 Å². The Hall–Kier alpha value is -3.68. The predicted octanol–water partition coefficient (Wildman–Crippen LogP) is 3.78. The normalized spacial score (nSPS) is 11.2. The van der Waals surface area contributed by atoms with Crippen molar-refractivity contribution in [1.82, 2.24) is 14.3 Å². The minimum atomic E-state index is -0.484. The SMILES string of the molecule is Cc1nn(-c2ccc(F)cc2)c(C)c1C(=O)OCCCn1c(=O)oc2ccccc21. The number of benzene rings is 2. The summed E-state index contributed by atoms with van der Waals surface area (Å²) in [6.45, 7) is 4.00. The molecule has 0 bridgehead atoms. The number of halogens is 1. The first-order valence-corrected chi connectivity index (χ1v) is 9.53. The Bertz CT molecular complexity index is 1270. The van der Waals surface area contributed by atoms with Crippen molar-refractivity contribution in [3.8, 4) is 5.69 Å². The van der Waals surface area contributed by atoms with Crippen LogP contribution in [0.25, 0.3) is 16.8 Å². The van der Waals surface area contributed by atoms with E-state index in [-0.39, 0.29) is 12.4 Å². The van der Waals surface area contributed by atoms with Crippen molar-refractivity contribution in [2.75, 3.05) is 6.61 Å². The zero-order valence-electron chi connectivity index (χ0n) is 16.6. The maximum absolute atomic E-state index is 13.2. The molecule has 0 atom stereocenters. The number of fused-ring (bicyclic) bond motifs is 1. The molecule has 154 valence electrons. The van der Waals surface area contributed by atoms with E-state index in [1.54, 1.807) is 42.8 Å². The molecule has 4 rings (SSSR count). The molecule has 2 aromatic heterocycles. The number of aryl methyl sites for hydroxylation is 2. The maximum Gasteiger partial charge on any atom is 0.419 e. The van der Waals surface area contributed by atoms with Crippen molar-refractivity contribution < 1.29 is 18.3 Å². The van der Waals surface area contributed by atoms with E-state index in [4.69, 9.17) is 9.15 Å². The van der Waals surface area contributed by atoms with Crippen molar-refractivity contribution in [2.24, 2.45) is 0 Å². The standard InChI is InChI=1S/C22H20FN3O4/c1-14-20(15(2)26(24-14)17-10-8-16(23)9-11-17)21(27)29-13-5-12-25-18-6-3-4-7-19(18)30-22(25)28/h3-4,6-11H,5,12-13H2,1-2H3. The van der Waals surface area contributed by atoms with Crippen LogP contribution in [0.15, 0.2) is 57.7 Å². The van der Waals surface area contributed by atoms with Crippen molar-refractivity contribution in [1.29, 1.82) is 0 Å². The second kappa shape index (κ2) is 7.98. The molecular formula is C22H20FN3O4. The molecule has 0 aliphatic rings. The Morgan fingerprint density at radius 2 is 1.87 bits per heavy atom. The molecule has 0 N–H and O–H groups in total. The highest BCUT2D eigenvalue weighted by atomic mass is 19.1. The van der Waals surface area contributed by atoms with Crippen LogP contribution in [0.3, 0.4) is 0 Å². The number of esters is 1. The van der Waals surface area contributed by atoms with Crippen LogP contribution in [0.2, 0.25) is 0 Å². The Labute approximate surface area is 171 Å². The number of ether oxygens (including phenoxy) is 1. The van der Waals surface area contributed by atoms with E-state index in [1.807, 2.05) is 12.1 Å². The maximum atomic E-state index is 13.2. The highest BCUT2D eigenvalue weighted by Gasteiger charge is 2.21. The van der Waals surface area contributed by atoms with E-state index in [0.29, 0.717) is 46.7 Å². The fourth-order valence-corrected chi connectivity index (χ4v) is 3.46. The van der Waals surface area contributed by atoms with Gasteiger partial charge in [0.25, 0.3) is 0 Å². The lowest BCUT2D eigenvalue weighted by molar-refractivity contribution is 0.0494. The molecule has 0 spiro atoms. The van der Waals surface area contributed by atoms with Gasteiger partial charge in [-0.3, -0.25) is 4.57 Å². The molecule has 0 radical (unpaired) electrons. The summed E-state index contributed by atoms with van der Waals surface area (Å²) in [5, 5.41) is 4.38. The van der Waals surface area contributed by atoms with Gasteiger partial charge in [0.1, 0.15) is 11.4 Å². The number of para-hydroxylation sites is 2. The van der Waals surface area contributed by atoms with Crippen LogP contribution in [0.5, 0.6) is 0 Å². The summed E-state index contributed by atoms with van der Waals surface area (Å²) in [6, 6.07) is 13.0. The number of hydrogen-bond acceptors (Lipinski definition) is 5. The van der Waals surface area contributed by atoms with Gasteiger partial charge in [-0.05, 0) is 56.7 Å². The van der Waals surface area contributed by atoms with Gasteiger partial charge >= 0.3 is 11.7 Å². The fourth-order valence-electron chi connectivity index (χ4n) is 3.46. The molecule has 0 unspecified atom stereocenters. The van der Waals surface area contributed by atoms with Crippen LogP contribution < -0.4 is 5.76 Å². The molecule has 4 aromatic rings. The van der Waals surface area contributed by atoms with Crippen molar-refractivity contribution in [2.45, 2.75) is 26.8 Å². The first-order chi connectivity index (χ1) is 14.5. The van der Waals surface area contributed by atoms with Crippen molar-refractivity contribution >= 4 is 17.1 Å². The molecule has 30 heavy (non-hydrogen) atoms. The Morgan fingerprint density at radius 3 is 2.63 bits per heavy atom. The molecule has 8 heteroatoms. The zero-order valence-corrected chi connectivity index (χ0v) is 16.6. The van der Waals surface area contributed by atoms with Crippen LogP contribution in [0.4, 0.5) is 4.39 Å².